The molecule has 2 aromatic carbocycles. The number of hydrogen-bond donors (Lipinski definition) is 2. The van der Waals surface area contributed by atoms with Gasteiger partial charge in [-0.25, -0.2) is 0 Å². The lowest BCUT2D eigenvalue weighted by atomic mass is 9.97. The predicted molar refractivity (Wildman–Crippen MR) is 111 cm³/mol. The van der Waals surface area contributed by atoms with E-state index in [1.165, 1.54) is 0 Å². The first-order chi connectivity index (χ1) is 14.1. The van der Waals surface area contributed by atoms with Crippen molar-refractivity contribution in [2.75, 3.05) is 31.0 Å². The lowest BCUT2D eigenvalue weighted by Gasteiger charge is -2.41. The zero-order valence-corrected chi connectivity index (χ0v) is 16.7. The van der Waals surface area contributed by atoms with E-state index in [1.807, 2.05) is 24.3 Å². The molecule has 0 radical (unpaired) electrons. The van der Waals surface area contributed by atoms with Crippen LogP contribution in [0.2, 0.25) is 0 Å². The van der Waals surface area contributed by atoms with E-state index in [2.05, 4.69) is 15.5 Å². The van der Waals surface area contributed by atoms with E-state index in [0.29, 0.717) is 29.3 Å². The molecule has 1 fully saturated rings. The Morgan fingerprint density at radius 3 is 2.83 bits per heavy atom. The van der Waals surface area contributed by atoms with Crippen molar-refractivity contribution in [2.24, 2.45) is 0 Å². The van der Waals surface area contributed by atoms with Crippen LogP contribution in [0.5, 0.6) is 11.5 Å². The minimum absolute atomic E-state index is 0.0101. The van der Waals surface area contributed by atoms with Crippen molar-refractivity contribution in [1.29, 1.82) is 0 Å². The van der Waals surface area contributed by atoms with Crippen LogP contribution in [0.25, 0.3) is 0 Å². The maximum atomic E-state index is 12.7. The van der Waals surface area contributed by atoms with Crippen molar-refractivity contribution in [3.05, 3.63) is 47.5 Å². The quantitative estimate of drug-likeness (QED) is 0.814. The number of methoxy groups -OCH3 is 2. The number of amides is 2. The summed E-state index contributed by atoms with van der Waals surface area (Å²) in [5.74, 6) is 1.17. The molecule has 152 valence electrons. The second-order valence-corrected chi connectivity index (χ2v) is 7.29. The van der Waals surface area contributed by atoms with Crippen LogP contribution < -0.4 is 25.0 Å². The van der Waals surface area contributed by atoms with Gasteiger partial charge in [-0.3, -0.25) is 9.59 Å². The number of carbonyl (C=O) groups excluding carboxylic acids is 2. The molecule has 0 saturated carbocycles. The zero-order valence-electron chi connectivity index (χ0n) is 16.7. The monoisotopic (exact) mass is 395 g/mol. The van der Waals surface area contributed by atoms with Gasteiger partial charge in [-0.05, 0) is 55.7 Å². The molecule has 0 bridgehead atoms. The fraction of sp³-hybridized carbons (Fsp3) is 0.364. The molecular formula is C22H25N3O4. The highest BCUT2D eigenvalue weighted by atomic mass is 16.5. The van der Waals surface area contributed by atoms with E-state index < -0.39 is 0 Å². The first kappa shape index (κ1) is 19.1. The average Bonchev–Trinajstić information content (AvgIpc) is 2.77. The number of rotatable bonds is 5. The molecule has 0 unspecified atom stereocenters. The number of nitrogens with zero attached hydrogens (tertiary/aromatic N) is 1. The lowest BCUT2D eigenvalue weighted by molar-refractivity contribution is -0.118. The summed E-state index contributed by atoms with van der Waals surface area (Å²) in [4.78, 5) is 27.3. The van der Waals surface area contributed by atoms with E-state index >= 15 is 0 Å². The van der Waals surface area contributed by atoms with E-state index in [9.17, 15) is 9.59 Å². The van der Waals surface area contributed by atoms with Crippen LogP contribution in [0.4, 0.5) is 11.4 Å². The molecule has 2 N–H and O–H groups in total. The van der Waals surface area contributed by atoms with Crippen molar-refractivity contribution in [2.45, 2.75) is 31.8 Å². The SMILES string of the molecule is COc1ccc(OC)c(CNC(=O)c2ccc3c(c2)NC(=O)[C@@H]2CCCCN32)c1. The molecule has 4 rings (SSSR count). The summed E-state index contributed by atoms with van der Waals surface area (Å²) >= 11 is 0. The topological polar surface area (TPSA) is 79.9 Å². The maximum Gasteiger partial charge on any atom is 0.251 e. The van der Waals surface area contributed by atoms with Crippen molar-refractivity contribution < 1.29 is 19.1 Å². The smallest absolute Gasteiger partial charge is 0.251 e. The van der Waals surface area contributed by atoms with Crippen LogP contribution in [0, 0.1) is 0 Å². The number of fused-ring (bicyclic) bond motifs is 3. The summed E-state index contributed by atoms with van der Waals surface area (Å²) < 4.78 is 10.6. The highest BCUT2D eigenvalue weighted by molar-refractivity contribution is 6.05. The van der Waals surface area contributed by atoms with Crippen molar-refractivity contribution in [3.63, 3.8) is 0 Å². The fourth-order valence-electron chi connectivity index (χ4n) is 4.03. The maximum absolute atomic E-state index is 12.7. The molecule has 2 aromatic rings. The molecule has 2 heterocycles. The lowest BCUT2D eigenvalue weighted by Crippen LogP contribution is -2.50. The summed E-state index contributed by atoms with van der Waals surface area (Å²) in [5, 5.41) is 5.88. The molecule has 7 nitrogen and oxygen atoms in total. The largest absolute Gasteiger partial charge is 0.497 e. The summed E-state index contributed by atoms with van der Waals surface area (Å²) in [5.41, 5.74) is 3.00. The molecule has 0 aromatic heterocycles. The van der Waals surface area contributed by atoms with Gasteiger partial charge in [0.05, 0.1) is 25.6 Å². The number of piperidine rings is 1. The number of benzene rings is 2. The van der Waals surface area contributed by atoms with Gasteiger partial charge in [-0.2, -0.15) is 0 Å². The van der Waals surface area contributed by atoms with Gasteiger partial charge in [0.15, 0.2) is 0 Å². The summed E-state index contributed by atoms with van der Waals surface area (Å²) in [6.45, 7) is 1.17. The minimum atomic E-state index is -0.215. The van der Waals surface area contributed by atoms with Crippen LogP contribution in [0.15, 0.2) is 36.4 Å². The molecular weight excluding hydrogens is 370 g/mol. The normalized spacial score (nSPS) is 17.7. The van der Waals surface area contributed by atoms with Gasteiger partial charge in [0.2, 0.25) is 5.91 Å². The zero-order chi connectivity index (χ0) is 20.4. The summed E-state index contributed by atoms with van der Waals surface area (Å²) in [6, 6.07) is 10.8. The Balaban J connectivity index is 1.51. The molecule has 1 atom stereocenters. The fourth-order valence-corrected chi connectivity index (χ4v) is 4.03. The van der Waals surface area contributed by atoms with Gasteiger partial charge in [0.1, 0.15) is 17.5 Å². The van der Waals surface area contributed by atoms with Gasteiger partial charge in [-0.15, -0.1) is 0 Å². The third-order valence-corrected chi connectivity index (χ3v) is 5.56. The molecule has 2 aliphatic heterocycles. The van der Waals surface area contributed by atoms with Gasteiger partial charge >= 0.3 is 0 Å². The van der Waals surface area contributed by atoms with Crippen molar-refractivity contribution >= 4 is 23.2 Å². The number of nitrogens with one attached hydrogen (secondary N) is 2. The molecule has 0 spiro atoms. The summed E-state index contributed by atoms with van der Waals surface area (Å²) in [7, 11) is 3.19. The second-order valence-electron chi connectivity index (χ2n) is 7.29. The Morgan fingerprint density at radius 2 is 2.03 bits per heavy atom. The van der Waals surface area contributed by atoms with Crippen LogP contribution >= 0.6 is 0 Å². The van der Waals surface area contributed by atoms with Gasteiger partial charge in [0.25, 0.3) is 5.91 Å². The molecule has 2 aliphatic rings. The van der Waals surface area contributed by atoms with Crippen LogP contribution in [0.1, 0.15) is 35.2 Å². The van der Waals surface area contributed by atoms with E-state index in [0.717, 1.165) is 37.1 Å². The Hall–Kier alpha value is -3.22. The van der Waals surface area contributed by atoms with Crippen molar-refractivity contribution in [1.82, 2.24) is 5.32 Å². The van der Waals surface area contributed by atoms with E-state index in [1.54, 1.807) is 26.4 Å². The molecule has 7 heteroatoms. The van der Waals surface area contributed by atoms with Crippen LogP contribution in [0.3, 0.4) is 0 Å². The second kappa shape index (κ2) is 8.03. The minimum Gasteiger partial charge on any atom is -0.497 e. The van der Waals surface area contributed by atoms with Gasteiger partial charge < -0.3 is 25.0 Å². The predicted octanol–water partition coefficient (Wildman–Crippen LogP) is 2.94. The number of ether oxygens (including phenoxy) is 2. The summed E-state index contributed by atoms with van der Waals surface area (Å²) in [6.07, 6.45) is 3.02. The number of carbonyl (C=O) groups is 2. The average molecular weight is 395 g/mol. The van der Waals surface area contributed by atoms with Gasteiger partial charge in [0, 0.05) is 24.2 Å². The third-order valence-electron chi connectivity index (χ3n) is 5.56. The van der Waals surface area contributed by atoms with Crippen LogP contribution in [-0.4, -0.2) is 38.6 Å². The first-order valence-corrected chi connectivity index (χ1v) is 9.81. The molecule has 29 heavy (non-hydrogen) atoms. The number of anilines is 2. The van der Waals surface area contributed by atoms with Crippen LogP contribution in [-0.2, 0) is 11.3 Å². The highest BCUT2D eigenvalue weighted by Crippen LogP contribution is 2.36. The van der Waals surface area contributed by atoms with E-state index in [-0.39, 0.29) is 17.9 Å². The Labute approximate surface area is 170 Å². The molecule has 0 aliphatic carbocycles. The highest BCUT2D eigenvalue weighted by Gasteiger charge is 2.34. The Morgan fingerprint density at radius 1 is 1.17 bits per heavy atom. The first-order valence-electron chi connectivity index (χ1n) is 9.81. The van der Waals surface area contributed by atoms with E-state index in [4.69, 9.17) is 9.47 Å². The van der Waals surface area contributed by atoms with Gasteiger partial charge in [-0.1, -0.05) is 0 Å². The molecule has 2 amide bonds. The number of hydrogen-bond acceptors (Lipinski definition) is 5. The Bertz CT molecular complexity index is 944. The molecule has 1 saturated heterocycles. The third kappa shape index (κ3) is 3.72. The standard InChI is InChI=1S/C22H25N3O4/c1-28-16-7-9-20(29-2)15(11-16)13-23-21(26)14-6-8-18-17(12-14)24-22(27)19-5-3-4-10-25(18)19/h6-9,11-12,19H,3-5,10,13H2,1-2H3,(H,23,26)(H,24,27)/t19-/m0/s1. The Kier molecular flexibility index (Phi) is 5.29. The van der Waals surface area contributed by atoms with Crippen molar-refractivity contribution in [3.8, 4) is 11.5 Å².